The highest BCUT2D eigenvalue weighted by Gasteiger charge is 1.91. The average Bonchev–Trinajstić information content (AvgIpc) is 2.02. The van der Waals surface area contributed by atoms with Crippen molar-refractivity contribution in [2.24, 2.45) is 0 Å². The van der Waals surface area contributed by atoms with Crippen LogP contribution in [0, 0.1) is 0 Å². The Morgan fingerprint density at radius 2 is 2.00 bits per heavy atom. The van der Waals surface area contributed by atoms with Crippen LogP contribution < -0.4 is 5.32 Å². The van der Waals surface area contributed by atoms with Gasteiger partial charge in [-0.2, -0.15) is 11.8 Å². The van der Waals surface area contributed by atoms with E-state index in [1.165, 1.54) is 12.2 Å². The minimum Gasteiger partial charge on any atom is -0.317 e. The van der Waals surface area contributed by atoms with Crippen LogP contribution in [-0.4, -0.2) is 41.3 Å². The predicted octanol–water partition coefficient (Wildman–Crippen LogP) is 1.10. The van der Waals surface area contributed by atoms with Crippen LogP contribution in [0.15, 0.2) is 0 Å². The molecule has 0 saturated carbocycles. The van der Waals surface area contributed by atoms with Gasteiger partial charge in [0.25, 0.3) is 0 Å². The smallest absolute Gasteiger partial charge is 0.0244 e. The second kappa shape index (κ2) is 9.55. The summed E-state index contributed by atoms with van der Waals surface area (Å²) in [7, 11) is -0.618. The molecule has 0 aliphatic rings. The van der Waals surface area contributed by atoms with Gasteiger partial charge in [0.2, 0.25) is 0 Å². The summed E-state index contributed by atoms with van der Waals surface area (Å²) in [5.41, 5.74) is 0. The summed E-state index contributed by atoms with van der Waals surface area (Å²) in [6.07, 6.45) is 6.15. The van der Waals surface area contributed by atoms with Gasteiger partial charge in [0.15, 0.2) is 0 Å². The number of thioether (sulfide) groups is 1. The maximum atomic E-state index is 10.7. The Labute approximate surface area is 82.3 Å². The van der Waals surface area contributed by atoms with E-state index in [0.29, 0.717) is 0 Å². The van der Waals surface area contributed by atoms with E-state index in [4.69, 9.17) is 0 Å². The molecule has 0 aromatic heterocycles. The summed E-state index contributed by atoms with van der Waals surface area (Å²) in [6, 6.07) is 0. The lowest BCUT2D eigenvalue weighted by Crippen LogP contribution is -2.18. The third-order valence-corrected chi connectivity index (χ3v) is 3.05. The normalized spacial score (nSPS) is 13.2. The van der Waals surface area contributed by atoms with E-state index in [1.807, 2.05) is 11.8 Å². The molecule has 1 unspecified atom stereocenters. The van der Waals surface area contributed by atoms with Crippen LogP contribution in [0.1, 0.15) is 12.8 Å². The van der Waals surface area contributed by atoms with Gasteiger partial charge >= 0.3 is 0 Å². The molecule has 0 rings (SSSR count). The van der Waals surface area contributed by atoms with Gasteiger partial charge < -0.3 is 5.32 Å². The molecule has 2 nitrogen and oxygen atoms in total. The van der Waals surface area contributed by atoms with Gasteiger partial charge in [-0.25, -0.2) is 0 Å². The highest BCUT2D eigenvalue weighted by atomic mass is 32.2. The van der Waals surface area contributed by atoms with E-state index in [2.05, 4.69) is 11.6 Å². The van der Waals surface area contributed by atoms with Crippen LogP contribution in [0.25, 0.3) is 0 Å². The fraction of sp³-hybridized carbons (Fsp3) is 1.00. The molecule has 0 heterocycles. The molecule has 12 heavy (non-hydrogen) atoms. The van der Waals surface area contributed by atoms with Crippen molar-refractivity contribution < 1.29 is 4.21 Å². The SMILES string of the molecule is CSCCCNCCCS(C)=O. The Hall–Kier alpha value is 0.460. The van der Waals surface area contributed by atoms with Gasteiger partial charge in [0, 0.05) is 22.8 Å². The van der Waals surface area contributed by atoms with E-state index in [-0.39, 0.29) is 0 Å². The minimum absolute atomic E-state index is 0.618. The van der Waals surface area contributed by atoms with Crippen molar-refractivity contribution in [3.63, 3.8) is 0 Å². The van der Waals surface area contributed by atoms with Gasteiger partial charge in [0.05, 0.1) is 0 Å². The molecule has 0 aliphatic carbocycles. The molecule has 4 heteroatoms. The van der Waals surface area contributed by atoms with Crippen LogP contribution in [0.3, 0.4) is 0 Å². The summed E-state index contributed by atoms with van der Waals surface area (Å²) in [4.78, 5) is 0. The number of hydrogen-bond donors (Lipinski definition) is 1. The fourth-order valence-corrected chi connectivity index (χ4v) is 1.85. The molecule has 1 N–H and O–H groups in total. The van der Waals surface area contributed by atoms with Gasteiger partial charge in [0.1, 0.15) is 0 Å². The van der Waals surface area contributed by atoms with Crippen molar-refractivity contribution in [3.8, 4) is 0 Å². The van der Waals surface area contributed by atoms with Crippen molar-refractivity contribution in [3.05, 3.63) is 0 Å². The molecule has 74 valence electrons. The Morgan fingerprint density at radius 3 is 2.58 bits per heavy atom. The molecule has 0 spiro atoms. The topological polar surface area (TPSA) is 29.1 Å². The quantitative estimate of drug-likeness (QED) is 0.607. The summed E-state index contributed by atoms with van der Waals surface area (Å²) >= 11 is 1.88. The third-order valence-electron chi connectivity index (χ3n) is 1.49. The van der Waals surface area contributed by atoms with Gasteiger partial charge in [-0.05, 0) is 37.9 Å². The van der Waals surface area contributed by atoms with Crippen molar-refractivity contribution in [2.45, 2.75) is 12.8 Å². The molecular formula is C8H19NOS2. The first-order valence-electron chi connectivity index (χ1n) is 4.27. The van der Waals surface area contributed by atoms with Gasteiger partial charge in [-0.1, -0.05) is 0 Å². The number of hydrogen-bond acceptors (Lipinski definition) is 3. The number of rotatable bonds is 8. The Bertz CT molecular complexity index is 120. The first-order valence-corrected chi connectivity index (χ1v) is 7.39. The van der Waals surface area contributed by atoms with E-state index < -0.39 is 10.8 Å². The van der Waals surface area contributed by atoms with Gasteiger partial charge in [-0.15, -0.1) is 0 Å². The molecular weight excluding hydrogens is 190 g/mol. The standard InChI is InChI=1S/C8H19NOS2/c1-11-7-3-5-9-6-4-8-12(2)10/h9H,3-8H2,1-2H3. The maximum Gasteiger partial charge on any atom is 0.0244 e. The van der Waals surface area contributed by atoms with Crippen molar-refractivity contribution >= 4 is 22.6 Å². The first-order chi connectivity index (χ1) is 5.77. The van der Waals surface area contributed by atoms with E-state index in [1.54, 1.807) is 6.26 Å². The van der Waals surface area contributed by atoms with Crippen molar-refractivity contribution in [2.75, 3.05) is 37.1 Å². The van der Waals surface area contributed by atoms with Crippen LogP contribution in [0.2, 0.25) is 0 Å². The van der Waals surface area contributed by atoms with Crippen LogP contribution >= 0.6 is 11.8 Å². The second-order valence-electron chi connectivity index (χ2n) is 2.73. The molecule has 0 aromatic rings. The summed E-state index contributed by atoms with van der Waals surface area (Å²) < 4.78 is 10.7. The summed E-state index contributed by atoms with van der Waals surface area (Å²) in [6.45, 7) is 2.10. The molecule has 0 bridgehead atoms. The number of nitrogens with one attached hydrogen (secondary N) is 1. The van der Waals surface area contributed by atoms with Crippen LogP contribution in [0.5, 0.6) is 0 Å². The molecule has 0 aromatic carbocycles. The third kappa shape index (κ3) is 10.5. The Kier molecular flexibility index (Phi) is 9.91. The van der Waals surface area contributed by atoms with E-state index >= 15 is 0 Å². The first kappa shape index (κ1) is 12.5. The minimum atomic E-state index is -0.618. The fourth-order valence-electron chi connectivity index (χ4n) is 0.867. The van der Waals surface area contributed by atoms with Crippen molar-refractivity contribution in [1.29, 1.82) is 0 Å². The lowest BCUT2D eigenvalue weighted by molar-refractivity contribution is 0.656. The zero-order chi connectivity index (χ0) is 9.23. The zero-order valence-electron chi connectivity index (χ0n) is 7.97. The van der Waals surface area contributed by atoms with Gasteiger partial charge in [-0.3, -0.25) is 4.21 Å². The monoisotopic (exact) mass is 209 g/mol. The Morgan fingerprint density at radius 1 is 1.33 bits per heavy atom. The molecule has 1 atom stereocenters. The van der Waals surface area contributed by atoms with Crippen LogP contribution in [-0.2, 0) is 10.8 Å². The Balaban J connectivity index is 2.86. The molecule has 0 amide bonds. The van der Waals surface area contributed by atoms with E-state index in [0.717, 1.165) is 25.3 Å². The summed E-state index contributed by atoms with van der Waals surface area (Å²) in [5.74, 6) is 2.06. The van der Waals surface area contributed by atoms with Crippen LogP contribution in [0.4, 0.5) is 0 Å². The zero-order valence-corrected chi connectivity index (χ0v) is 9.60. The van der Waals surface area contributed by atoms with Crippen molar-refractivity contribution in [1.82, 2.24) is 5.32 Å². The lowest BCUT2D eigenvalue weighted by atomic mass is 10.4. The molecule has 0 aliphatic heterocycles. The largest absolute Gasteiger partial charge is 0.317 e. The predicted molar refractivity (Wildman–Crippen MR) is 59.4 cm³/mol. The summed E-state index contributed by atoms with van der Waals surface area (Å²) in [5, 5.41) is 3.33. The highest BCUT2D eigenvalue weighted by molar-refractivity contribution is 7.98. The molecule has 0 radical (unpaired) electrons. The second-order valence-corrected chi connectivity index (χ2v) is 5.27. The average molecular weight is 209 g/mol. The molecule has 0 fully saturated rings. The highest BCUT2D eigenvalue weighted by Crippen LogP contribution is 1.93. The van der Waals surface area contributed by atoms with E-state index in [9.17, 15) is 4.21 Å². The lowest BCUT2D eigenvalue weighted by Gasteiger charge is -2.02. The molecule has 0 saturated heterocycles. The maximum absolute atomic E-state index is 10.7.